The molecule has 2 aliphatic rings. The second kappa shape index (κ2) is 8.56. The fourth-order valence-corrected chi connectivity index (χ4v) is 3.72. The Bertz CT molecular complexity index is 1060. The summed E-state index contributed by atoms with van der Waals surface area (Å²) in [5.41, 5.74) is 2.37. The van der Waals surface area contributed by atoms with Gasteiger partial charge in [-0.3, -0.25) is 4.90 Å². The van der Waals surface area contributed by atoms with E-state index in [1.165, 1.54) is 0 Å². The third-order valence-corrected chi connectivity index (χ3v) is 5.43. The van der Waals surface area contributed by atoms with Crippen molar-refractivity contribution in [1.29, 1.82) is 0 Å². The van der Waals surface area contributed by atoms with Crippen LogP contribution in [0.4, 0.5) is 17.5 Å². The van der Waals surface area contributed by atoms with Crippen LogP contribution in [0, 0.1) is 0 Å². The highest BCUT2D eigenvalue weighted by Gasteiger charge is 2.18. The summed E-state index contributed by atoms with van der Waals surface area (Å²) in [7, 11) is 0. The van der Waals surface area contributed by atoms with Gasteiger partial charge < -0.3 is 29.4 Å². The highest BCUT2D eigenvalue weighted by atomic mass is 16.7. The predicted molar refractivity (Wildman–Crippen MR) is 117 cm³/mol. The number of nitrogens with zero attached hydrogens (tertiary/aromatic N) is 5. The van der Waals surface area contributed by atoms with Crippen LogP contribution >= 0.6 is 0 Å². The Morgan fingerprint density at radius 2 is 1.94 bits per heavy atom. The molecule has 10 nitrogen and oxygen atoms in total. The topological polar surface area (TPSA) is 98.6 Å². The molecule has 0 unspecified atom stereocenters. The number of imidazole rings is 1. The minimum atomic E-state index is 0.236. The summed E-state index contributed by atoms with van der Waals surface area (Å²) in [4.78, 5) is 16.4. The van der Waals surface area contributed by atoms with E-state index in [4.69, 9.17) is 24.2 Å². The van der Waals surface area contributed by atoms with Crippen LogP contribution in [0.15, 0.2) is 24.5 Å². The molecule has 3 aromatic rings. The van der Waals surface area contributed by atoms with Crippen molar-refractivity contribution in [1.82, 2.24) is 24.4 Å². The van der Waals surface area contributed by atoms with E-state index in [0.29, 0.717) is 17.5 Å². The van der Waals surface area contributed by atoms with Gasteiger partial charge >= 0.3 is 0 Å². The van der Waals surface area contributed by atoms with Gasteiger partial charge in [0.15, 0.2) is 28.5 Å². The van der Waals surface area contributed by atoms with Gasteiger partial charge in [0.05, 0.1) is 19.5 Å². The third-order valence-electron chi connectivity index (χ3n) is 5.43. The fourth-order valence-electron chi connectivity index (χ4n) is 3.72. The van der Waals surface area contributed by atoms with Crippen LogP contribution in [0.1, 0.15) is 19.9 Å². The number of aromatic nitrogens is 4. The number of ether oxygens (including phenoxy) is 3. The third kappa shape index (κ3) is 4.21. The summed E-state index contributed by atoms with van der Waals surface area (Å²) < 4.78 is 18.4. The Morgan fingerprint density at radius 3 is 2.77 bits per heavy atom. The maximum Gasteiger partial charge on any atom is 0.231 e. The zero-order valence-corrected chi connectivity index (χ0v) is 17.8. The first-order chi connectivity index (χ1) is 15.2. The number of anilines is 3. The maximum atomic E-state index is 5.49. The summed E-state index contributed by atoms with van der Waals surface area (Å²) in [6.07, 6.45) is 1.81. The van der Waals surface area contributed by atoms with Crippen molar-refractivity contribution in [3.05, 3.63) is 24.5 Å². The number of hydrogen-bond acceptors (Lipinski definition) is 9. The lowest BCUT2D eigenvalue weighted by molar-refractivity contribution is 0.0398. The van der Waals surface area contributed by atoms with Crippen molar-refractivity contribution in [3.63, 3.8) is 0 Å². The zero-order valence-electron chi connectivity index (χ0n) is 17.8. The standard InChI is InChI=1S/C21H27N7O3/c1-14(2)28-12-23-18-19(24-15-3-4-16-17(11-15)31-13-30-16)25-21(26-20(18)28)22-5-6-27-7-9-29-10-8-27/h3-4,11-12,14H,5-10,13H2,1-2H3,(H2,22,24,25,26). The van der Waals surface area contributed by atoms with Crippen molar-refractivity contribution in [2.45, 2.75) is 19.9 Å². The Balaban J connectivity index is 1.40. The van der Waals surface area contributed by atoms with Crippen molar-refractivity contribution < 1.29 is 14.2 Å². The van der Waals surface area contributed by atoms with Crippen LogP contribution in [0.25, 0.3) is 11.2 Å². The molecule has 0 radical (unpaired) electrons. The second-order valence-electron chi connectivity index (χ2n) is 7.89. The van der Waals surface area contributed by atoms with Crippen LogP contribution in [-0.4, -0.2) is 70.6 Å². The van der Waals surface area contributed by atoms with Crippen LogP contribution in [-0.2, 0) is 4.74 Å². The lowest BCUT2D eigenvalue weighted by Crippen LogP contribution is -2.39. The van der Waals surface area contributed by atoms with Gasteiger partial charge in [-0.05, 0) is 26.0 Å². The lowest BCUT2D eigenvalue weighted by atomic mass is 10.2. The van der Waals surface area contributed by atoms with Crippen LogP contribution in [0.3, 0.4) is 0 Å². The Kier molecular flexibility index (Phi) is 5.47. The van der Waals surface area contributed by atoms with Gasteiger partial charge in [0.1, 0.15) is 0 Å². The monoisotopic (exact) mass is 425 g/mol. The van der Waals surface area contributed by atoms with E-state index < -0.39 is 0 Å². The summed E-state index contributed by atoms with van der Waals surface area (Å²) in [6.45, 7) is 9.63. The van der Waals surface area contributed by atoms with Gasteiger partial charge in [-0.15, -0.1) is 0 Å². The number of hydrogen-bond donors (Lipinski definition) is 2. The van der Waals surface area contributed by atoms with E-state index in [1.54, 1.807) is 0 Å². The summed E-state index contributed by atoms with van der Waals surface area (Å²) in [6, 6.07) is 5.96. The van der Waals surface area contributed by atoms with E-state index >= 15 is 0 Å². The first kappa shape index (κ1) is 19.8. The Hall–Kier alpha value is -3.11. The van der Waals surface area contributed by atoms with Crippen molar-refractivity contribution >= 4 is 28.6 Å². The highest BCUT2D eigenvalue weighted by molar-refractivity contribution is 5.87. The van der Waals surface area contributed by atoms with Crippen molar-refractivity contribution in [2.75, 3.05) is 56.8 Å². The summed E-state index contributed by atoms with van der Waals surface area (Å²) >= 11 is 0. The molecule has 2 N–H and O–H groups in total. The highest BCUT2D eigenvalue weighted by Crippen LogP contribution is 2.35. The molecule has 1 aromatic carbocycles. The molecular formula is C21H27N7O3. The van der Waals surface area contributed by atoms with Gasteiger partial charge in [0.25, 0.3) is 0 Å². The number of benzene rings is 1. The van der Waals surface area contributed by atoms with Gasteiger partial charge in [0.2, 0.25) is 12.7 Å². The Morgan fingerprint density at radius 1 is 1.10 bits per heavy atom. The van der Waals surface area contributed by atoms with Crippen molar-refractivity contribution in [2.24, 2.45) is 0 Å². The molecule has 0 bridgehead atoms. The molecule has 2 aromatic heterocycles. The molecule has 0 aliphatic carbocycles. The lowest BCUT2D eigenvalue weighted by Gasteiger charge is -2.26. The minimum absolute atomic E-state index is 0.236. The number of nitrogens with one attached hydrogen (secondary N) is 2. The number of fused-ring (bicyclic) bond motifs is 2. The fraction of sp³-hybridized carbons (Fsp3) is 0.476. The molecule has 0 atom stereocenters. The van der Waals surface area contributed by atoms with Crippen LogP contribution in [0.5, 0.6) is 11.5 Å². The van der Waals surface area contributed by atoms with E-state index in [9.17, 15) is 0 Å². The molecule has 0 spiro atoms. The van der Waals surface area contributed by atoms with Crippen molar-refractivity contribution in [3.8, 4) is 11.5 Å². The average molecular weight is 425 g/mol. The average Bonchev–Trinajstić information content (AvgIpc) is 3.41. The molecule has 2 aliphatic heterocycles. The smallest absolute Gasteiger partial charge is 0.231 e. The zero-order chi connectivity index (χ0) is 21.2. The maximum absolute atomic E-state index is 5.49. The molecule has 10 heteroatoms. The van der Waals surface area contributed by atoms with E-state index in [0.717, 1.165) is 62.0 Å². The second-order valence-corrected chi connectivity index (χ2v) is 7.89. The first-order valence-electron chi connectivity index (χ1n) is 10.6. The van der Waals surface area contributed by atoms with E-state index in [2.05, 4.69) is 38.9 Å². The molecule has 0 saturated carbocycles. The molecular weight excluding hydrogens is 398 g/mol. The van der Waals surface area contributed by atoms with E-state index in [1.807, 2.05) is 24.5 Å². The molecule has 164 valence electrons. The molecule has 1 saturated heterocycles. The van der Waals surface area contributed by atoms with Gasteiger partial charge in [0, 0.05) is 44.0 Å². The predicted octanol–water partition coefficient (Wildman–Crippen LogP) is 2.62. The molecule has 5 rings (SSSR count). The van der Waals surface area contributed by atoms with Crippen LogP contribution < -0.4 is 20.1 Å². The largest absolute Gasteiger partial charge is 0.454 e. The molecule has 4 heterocycles. The summed E-state index contributed by atoms with van der Waals surface area (Å²) in [5.74, 6) is 2.68. The normalized spacial score (nSPS) is 16.2. The number of morpholine rings is 1. The minimum Gasteiger partial charge on any atom is -0.454 e. The summed E-state index contributed by atoms with van der Waals surface area (Å²) in [5, 5.41) is 6.76. The van der Waals surface area contributed by atoms with E-state index in [-0.39, 0.29) is 12.8 Å². The molecule has 31 heavy (non-hydrogen) atoms. The van der Waals surface area contributed by atoms with Crippen LogP contribution in [0.2, 0.25) is 0 Å². The molecule has 1 fully saturated rings. The first-order valence-corrected chi connectivity index (χ1v) is 10.6. The van der Waals surface area contributed by atoms with Gasteiger partial charge in [-0.1, -0.05) is 0 Å². The van der Waals surface area contributed by atoms with Gasteiger partial charge in [-0.25, -0.2) is 4.98 Å². The molecule has 0 amide bonds. The quantitative estimate of drug-likeness (QED) is 0.592. The number of rotatable bonds is 7. The van der Waals surface area contributed by atoms with Gasteiger partial charge in [-0.2, -0.15) is 9.97 Å². The SMILES string of the molecule is CC(C)n1cnc2c(Nc3ccc4c(c3)OCO4)nc(NCCN3CCOCC3)nc21. The Labute approximate surface area is 180 Å².